The highest BCUT2D eigenvalue weighted by Crippen LogP contribution is 2.41. The average Bonchev–Trinajstić information content (AvgIpc) is 2.30. The van der Waals surface area contributed by atoms with E-state index in [-0.39, 0.29) is 11.3 Å². The molecule has 0 radical (unpaired) electrons. The van der Waals surface area contributed by atoms with Crippen LogP contribution in [0.4, 0.5) is 9.57 Å². The van der Waals surface area contributed by atoms with Crippen LogP contribution in [0.5, 0.6) is 0 Å². The third-order valence-electron chi connectivity index (χ3n) is 4.38. The first-order valence-corrected chi connectivity index (χ1v) is 9.16. The minimum absolute atomic E-state index is 0.123. The SMILES string of the molecule is CC(C)c1ccc(N=S(=O)(F)N2CC3(CN(C)C3)C2)cc1Cl. The molecular weight excluding hydrogens is 325 g/mol. The van der Waals surface area contributed by atoms with Gasteiger partial charge < -0.3 is 4.90 Å². The quantitative estimate of drug-likeness (QED) is 0.784. The second-order valence-corrected chi connectivity index (χ2v) is 8.82. The van der Waals surface area contributed by atoms with Crippen molar-refractivity contribution < 1.29 is 8.09 Å². The Morgan fingerprint density at radius 3 is 2.45 bits per heavy atom. The number of nitrogens with zero attached hydrogens (tertiary/aromatic N) is 3. The van der Waals surface area contributed by atoms with Crippen LogP contribution in [-0.2, 0) is 10.3 Å². The lowest BCUT2D eigenvalue weighted by Gasteiger charge is -2.58. The van der Waals surface area contributed by atoms with Gasteiger partial charge in [-0.25, -0.2) is 0 Å². The van der Waals surface area contributed by atoms with Gasteiger partial charge in [0.1, 0.15) is 0 Å². The minimum Gasteiger partial charge on any atom is -0.305 e. The summed E-state index contributed by atoms with van der Waals surface area (Å²) in [5.41, 5.74) is 1.43. The molecule has 0 aliphatic carbocycles. The number of rotatable bonds is 3. The highest BCUT2D eigenvalue weighted by Gasteiger charge is 2.53. The van der Waals surface area contributed by atoms with Crippen molar-refractivity contribution in [1.82, 2.24) is 9.21 Å². The average molecular weight is 346 g/mol. The van der Waals surface area contributed by atoms with Crippen LogP contribution in [0.3, 0.4) is 0 Å². The zero-order valence-corrected chi connectivity index (χ0v) is 14.6. The molecule has 0 aromatic heterocycles. The largest absolute Gasteiger partial charge is 0.305 e. The molecule has 22 heavy (non-hydrogen) atoms. The van der Waals surface area contributed by atoms with E-state index in [0.717, 1.165) is 18.7 Å². The highest BCUT2D eigenvalue weighted by atomic mass is 35.5. The lowest BCUT2D eigenvalue weighted by molar-refractivity contribution is -0.0674. The van der Waals surface area contributed by atoms with Crippen LogP contribution in [0, 0.1) is 5.41 Å². The molecule has 2 fully saturated rings. The van der Waals surface area contributed by atoms with Crippen LogP contribution < -0.4 is 0 Å². The molecule has 2 saturated heterocycles. The van der Waals surface area contributed by atoms with Gasteiger partial charge in [-0.15, -0.1) is 3.89 Å². The predicted octanol–water partition coefficient (Wildman–Crippen LogP) is 3.61. The van der Waals surface area contributed by atoms with E-state index in [1.807, 2.05) is 27.0 Å². The molecule has 1 unspecified atom stereocenters. The van der Waals surface area contributed by atoms with Crippen molar-refractivity contribution in [1.29, 1.82) is 0 Å². The zero-order chi connectivity index (χ0) is 16.1. The van der Waals surface area contributed by atoms with E-state index in [9.17, 15) is 8.09 Å². The van der Waals surface area contributed by atoms with E-state index in [4.69, 9.17) is 11.6 Å². The molecule has 1 aromatic rings. The van der Waals surface area contributed by atoms with Crippen LogP contribution in [0.25, 0.3) is 0 Å². The number of halogens is 2. The fraction of sp³-hybridized carbons (Fsp3) is 0.600. The van der Waals surface area contributed by atoms with E-state index in [1.165, 1.54) is 4.31 Å². The van der Waals surface area contributed by atoms with Crippen molar-refractivity contribution in [3.8, 4) is 0 Å². The standard InChI is InChI=1S/C15H21ClFN3OS/c1-11(2)13-5-4-12(6-14(13)16)18-22(17,21)20-9-15(10-20)7-19(3)8-15/h4-6,11H,7-10H2,1-3H3. The van der Waals surface area contributed by atoms with Crippen molar-refractivity contribution in [2.45, 2.75) is 19.8 Å². The highest BCUT2D eigenvalue weighted by molar-refractivity contribution is 7.86. The smallest absolute Gasteiger partial charge is 0.275 e. The van der Waals surface area contributed by atoms with Gasteiger partial charge in [0, 0.05) is 36.6 Å². The summed E-state index contributed by atoms with van der Waals surface area (Å²) in [6, 6.07) is 5.08. The van der Waals surface area contributed by atoms with Gasteiger partial charge in [0.25, 0.3) is 10.3 Å². The number of hydrogen-bond acceptors (Lipinski definition) is 3. The van der Waals surface area contributed by atoms with E-state index < -0.39 is 10.3 Å². The molecule has 2 aliphatic rings. The second kappa shape index (κ2) is 5.44. The summed E-state index contributed by atoms with van der Waals surface area (Å²) in [7, 11) is -1.83. The topological polar surface area (TPSA) is 35.9 Å². The number of benzene rings is 1. The van der Waals surface area contributed by atoms with Gasteiger partial charge in [0.2, 0.25) is 0 Å². The normalized spacial score (nSPS) is 23.9. The van der Waals surface area contributed by atoms with Gasteiger partial charge in [-0.05, 0) is 30.7 Å². The van der Waals surface area contributed by atoms with E-state index in [2.05, 4.69) is 9.26 Å². The summed E-state index contributed by atoms with van der Waals surface area (Å²) in [6.45, 7) is 6.96. The Bertz CT molecular complexity index is 701. The van der Waals surface area contributed by atoms with Crippen molar-refractivity contribution in [3.63, 3.8) is 0 Å². The molecule has 1 aromatic carbocycles. The molecule has 0 amide bonds. The maximum absolute atomic E-state index is 14.4. The van der Waals surface area contributed by atoms with E-state index in [0.29, 0.717) is 23.8 Å². The second-order valence-electron chi connectivity index (χ2n) is 6.85. The Morgan fingerprint density at radius 2 is 1.95 bits per heavy atom. The van der Waals surface area contributed by atoms with Crippen LogP contribution in [0.1, 0.15) is 25.3 Å². The Labute approximate surface area is 136 Å². The molecule has 3 rings (SSSR count). The minimum atomic E-state index is -3.86. The third-order valence-corrected chi connectivity index (χ3v) is 6.04. The van der Waals surface area contributed by atoms with Crippen molar-refractivity contribution >= 4 is 27.6 Å². The summed E-state index contributed by atoms with van der Waals surface area (Å²) in [5, 5.41) is 0.534. The van der Waals surface area contributed by atoms with E-state index >= 15 is 0 Å². The molecular formula is C15H21ClFN3OS. The molecule has 4 nitrogen and oxygen atoms in total. The fourth-order valence-electron chi connectivity index (χ4n) is 3.39. The molecule has 1 atom stereocenters. The van der Waals surface area contributed by atoms with Gasteiger partial charge in [-0.3, -0.25) is 0 Å². The van der Waals surface area contributed by atoms with E-state index in [1.54, 1.807) is 12.1 Å². The van der Waals surface area contributed by atoms with Gasteiger partial charge in [0.15, 0.2) is 0 Å². The first-order chi connectivity index (χ1) is 10.2. The van der Waals surface area contributed by atoms with Gasteiger partial charge in [-0.2, -0.15) is 12.9 Å². The Morgan fingerprint density at radius 1 is 1.32 bits per heavy atom. The Balaban J connectivity index is 1.77. The van der Waals surface area contributed by atoms with Gasteiger partial charge >= 0.3 is 0 Å². The molecule has 0 N–H and O–H groups in total. The Kier molecular flexibility index (Phi) is 4.00. The first-order valence-electron chi connectivity index (χ1n) is 7.41. The van der Waals surface area contributed by atoms with Crippen LogP contribution in [-0.4, -0.2) is 46.6 Å². The fourth-order valence-corrected chi connectivity index (χ4v) is 5.14. The molecule has 7 heteroatoms. The lowest BCUT2D eigenvalue weighted by atomic mass is 9.75. The van der Waals surface area contributed by atoms with Crippen molar-refractivity contribution in [2.75, 3.05) is 33.2 Å². The molecule has 1 spiro atoms. The molecule has 122 valence electrons. The predicted molar refractivity (Wildman–Crippen MR) is 88.4 cm³/mol. The van der Waals surface area contributed by atoms with Crippen molar-refractivity contribution in [3.05, 3.63) is 28.8 Å². The molecule has 2 heterocycles. The van der Waals surface area contributed by atoms with Crippen LogP contribution in [0.15, 0.2) is 22.6 Å². The monoisotopic (exact) mass is 345 g/mol. The van der Waals surface area contributed by atoms with Crippen LogP contribution >= 0.6 is 11.6 Å². The zero-order valence-electron chi connectivity index (χ0n) is 13.1. The summed E-state index contributed by atoms with van der Waals surface area (Å²) in [4.78, 5) is 2.18. The summed E-state index contributed by atoms with van der Waals surface area (Å²) >= 11 is 6.18. The maximum atomic E-state index is 14.4. The molecule has 2 aliphatic heterocycles. The lowest BCUT2D eigenvalue weighted by Crippen LogP contribution is -2.71. The third kappa shape index (κ3) is 2.89. The summed E-state index contributed by atoms with van der Waals surface area (Å²) in [6.07, 6.45) is 0. The summed E-state index contributed by atoms with van der Waals surface area (Å²) < 4.78 is 31.8. The Hall–Kier alpha value is -0.690. The first kappa shape index (κ1) is 16.2. The van der Waals surface area contributed by atoms with Crippen LogP contribution in [0.2, 0.25) is 5.02 Å². The molecule has 0 saturated carbocycles. The maximum Gasteiger partial charge on any atom is 0.275 e. The molecule has 0 bridgehead atoms. The van der Waals surface area contributed by atoms with Gasteiger partial charge in [-0.1, -0.05) is 31.5 Å². The van der Waals surface area contributed by atoms with Gasteiger partial charge in [0.05, 0.1) is 5.69 Å². The number of hydrogen-bond donors (Lipinski definition) is 0. The number of likely N-dealkylation sites (tertiary alicyclic amines) is 1. The van der Waals surface area contributed by atoms with Crippen molar-refractivity contribution in [2.24, 2.45) is 9.78 Å². The summed E-state index contributed by atoms with van der Waals surface area (Å²) in [5.74, 6) is 0.280.